The van der Waals surface area contributed by atoms with Gasteiger partial charge in [0.15, 0.2) is 5.82 Å². The standard InChI is InChI=1S/C35H28BrClN8O3/c1-22-20-43-30(21-42(22)34(47)23-8-13-28(36)29(37)18-23)31(45(35(43)48)26-11-9-25(10-12-26)44-17-5-16-41-44)33(46)40-19-24-6-2-3-7-27(24)32-38-14-4-15-39-32/h2-18,22H,19-21H2,1H3,(H,40,46)/t22-/m1/s1. The number of benzene rings is 3. The van der Waals surface area contributed by atoms with Crippen LogP contribution in [0, 0.1) is 0 Å². The summed E-state index contributed by atoms with van der Waals surface area (Å²) in [5, 5.41) is 7.71. The molecule has 0 unspecified atom stereocenters. The molecule has 0 spiro atoms. The first kappa shape index (κ1) is 31.3. The molecule has 2 amide bonds. The number of fused-ring (bicyclic) bond motifs is 1. The molecule has 1 aliphatic rings. The molecule has 11 nitrogen and oxygen atoms in total. The number of hydrogen-bond donors (Lipinski definition) is 1. The summed E-state index contributed by atoms with van der Waals surface area (Å²) in [7, 11) is 0. The lowest BCUT2D eigenvalue weighted by atomic mass is 10.1. The number of amides is 2. The molecule has 0 aliphatic carbocycles. The van der Waals surface area contributed by atoms with Gasteiger partial charge < -0.3 is 10.2 Å². The Morgan fingerprint density at radius 3 is 2.44 bits per heavy atom. The summed E-state index contributed by atoms with van der Waals surface area (Å²) in [5.74, 6) is -0.182. The number of nitrogens with zero attached hydrogens (tertiary/aromatic N) is 7. The highest BCUT2D eigenvalue weighted by atomic mass is 79.9. The molecule has 1 aliphatic heterocycles. The highest BCUT2D eigenvalue weighted by Gasteiger charge is 2.35. The topological polar surface area (TPSA) is 120 Å². The van der Waals surface area contributed by atoms with Crippen LogP contribution in [0.2, 0.25) is 5.02 Å². The zero-order valence-corrected chi connectivity index (χ0v) is 28.0. The van der Waals surface area contributed by atoms with Crippen LogP contribution in [0.25, 0.3) is 22.8 Å². The number of nitrogens with one attached hydrogen (secondary N) is 1. The van der Waals surface area contributed by atoms with Crippen LogP contribution in [0.3, 0.4) is 0 Å². The van der Waals surface area contributed by atoms with Crippen LogP contribution in [-0.4, -0.2) is 51.6 Å². The van der Waals surface area contributed by atoms with Gasteiger partial charge in [-0.2, -0.15) is 5.10 Å². The predicted molar refractivity (Wildman–Crippen MR) is 184 cm³/mol. The molecule has 7 rings (SSSR count). The SMILES string of the molecule is C[C@@H]1Cn2c(c(C(=O)NCc3ccccc3-c3ncccn3)n(-c3ccc(-n4cccn4)cc3)c2=O)CN1C(=O)c1ccc(Br)c(Cl)c1. The third-order valence-electron chi connectivity index (χ3n) is 8.33. The lowest BCUT2D eigenvalue weighted by Crippen LogP contribution is -2.47. The van der Waals surface area contributed by atoms with Crippen molar-refractivity contribution in [2.45, 2.75) is 32.6 Å². The van der Waals surface area contributed by atoms with Crippen molar-refractivity contribution in [3.8, 4) is 22.8 Å². The fourth-order valence-corrected chi connectivity index (χ4v) is 6.35. The summed E-state index contributed by atoms with van der Waals surface area (Å²) >= 11 is 9.70. The summed E-state index contributed by atoms with van der Waals surface area (Å²) < 4.78 is 5.39. The highest BCUT2D eigenvalue weighted by molar-refractivity contribution is 9.10. The van der Waals surface area contributed by atoms with E-state index in [0.717, 1.165) is 16.8 Å². The third kappa shape index (κ3) is 5.84. The van der Waals surface area contributed by atoms with Gasteiger partial charge in [0.25, 0.3) is 11.8 Å². The molecular formula is C35H28BrClN8O3. The van der Waals surface area contributed by atoms with Crippen molar-refractivity contribution >= 4 is 39.3 Å². The van der Waals surface area contributed by atoms with E-state index in [2.05, 4.69) is 36.3 Å². The molecule has 0 radical (unpaired) electrons. The summed E-state index contributed by atoms with van der Waals surface area (Å²) in [6.45, 7) is 2.28. The van der Waals surface area contributed by atoms with Gasteiger partial charge in [-0.1, -0.05) is 35.9 Å². The lowest BCUT2D eigenvalue weighted by Gasteiger charge is -2.34. The minimum Gasteiger partial charge on any atom is -0.347 e. The van der Waals surface area contributed by atoms with E-state index in [4.69, 9.17) is 11.6 Å². The molecular weight excluding hydrogens is 696 g/mol. The molecule has 240 valence electrons. The van der Waals surface area contributed by atoms with Gasteiger partial charge in [0.2, 0.25) is 0 Å². The monoisotopic (exact) mass is 722 g/mol. The van der Waals surface area contributed by atoms with Crippen LogP contribution in [0.4, 0.5) is 0 Å². The van der Waals surface area contributed by atoms with E-state index in [0.29, 0.717) is 32.3 Å². The predicted octanol–water partition coefficient (Wildman–Crippen LogP) is 5.67. The fourth-order valence-electron chi connectivity index (χ4n) is 5.92. The van der Waals surface area contributed by atoms with Crippen LogP contribution < -0.4 is 11.0 Å². The Balaban J connectivity index is 1.28. The van der Waals surface area contributed by atoms with Crippen LogP contribution in [0.1, 0.15) is 39.0 Å². The van der Waals surface area contributed by atoms with Gasteiger partial charge in [0.05, 0.1) is 28.6 Å². The molecule has 48 heavy (non-hydrogen) atoms. The van der Waals surface area contributed by atoms with Crippen molar-refractivity contribution in [2.24, 2.45) is 0 Å². The Bertz CT molecular complexity index is 2200. The Labute approximate surface area is 288 Å². The van der Waals surface area contributed by atoms with E-state index >= 15 is 0 Å². The fraction of sp³-hybridized carbons (Fsp3) is 0.143. The normalized spacial score (nSPS) is 14.1. The van der Waals surface area contributed by atoms with Gasteiger partial charge in [-0.05, 0) is 83.0 Å². The molecule has 0 fully saturated rings. The number of carbonyl (C=O) groups excluding carboxylic acids is 2. The van der Waals surface area contributed by atoms with Gasteiger partial charge in [0.1, 0.15) is 5.69 Å². The van der Waals surface area contributed by atoms with Crippen LogP contribution >= 0.6 is 27.5 Å². The average molecular weight is 724 g/mol. The van der Waals surface area contributed by atoms with E-state index < -0.39 is 5.91 Å². The summed E-state index contributed by atoms with van der Waals surface area (Å²) in [6.07, 6.45) is 6.83. The van der Waals surface area contributed by atoms with Gasteiger partial charge in [-0.25, -0.2) is 19.4 Å². The molecule has 0 bridgehead atoms. The molecule has 3 aromatic heterocycles. The van der Waals surface area contributed by atoms with E-state index in [-0.39, 0.29) is 43.0 Å². The van der Waals surface area contributed by atoms with E-state index in [1.807, 2.05) is 55.6 Å². The minimum absolute atomic E-state index is 0.0402. The van der Waals surface area contributed by atoms with Crippen molar-refractivity contribution in [1.29, 1.82) is 0 Å². The van der Waals surface area contributed by atoms with Crippen molar-refractivity contribution in [3.63, 3.8) is 0 Å². The first-order valence-corrected chi connectivity index (χ1v) is 16.3. The van der Waals surface area contributed by atoms with Gasteiger partial charge in [-0.15, -0.1) is 0 Å². The molecule has 1 atom stereocenters. The Morgan fingerprint density at radius 2 is 1.71 bits per heavy atom. The Kier molecular flexibility index (Phi) is 8.50. The van der Waals surface area contributed by atoms with Crippen LogP contribution in [0.15, 0.2) is 113 Å². The van der Waals surface area contributed by atoms with Crippen molar-refractivity contribution in [1.82, 2.24) is 39.1 Å². The Hall–Kier alpha value is -5.33. The lowest BCUT2D eigenvalue weighted by molar-refractivity contribution is 0.0610. The maximum absolute atomic E-state index is 14.3. The van der Waals surface area contributed by atoms with E-state index in [9.17, 15) is 14.4 Å². The number of imidazole rings is 1. The van der Waals surface area contributed by atoms with E-state index in [1.54, 1.807) is 69.1 Å². The molecule has 6 aromatic rings. The minimum atomic E-state index is -0.463. The smallest absolute Gasteiger partial charge is 0.333 e. The van der Waals surface area contributed by atoms with Crippen LogP contribution in [-0.2, 0) is 19.6 Å². The number of hydrogen-bond acceptors (Lipinski definition) is 6. The number of rotatable bonds is 7. The van der Waals surface area contributed by atoms with Crippen LogP contribution in [0.5, 0.6) is 0 Å². The van der Waals surface area contributed by atoms with Crippen molar-refractivity contribution < 1.29 is 9.59 Å². The zero-order valence-electron chi connectivity index (χ0n) is 25.6. The number of halogens is 2. The molecule has 1 N–H and O–H groups in total. The maximum Gasteiger partial charge on any atom is 0.333 e. The largest absolute Gasteiger partial charge is 0.347 e. The Morgan fingerprint density at radius 1 is 0.958 bits per heavy atom. The van der Waals surface area contributed by atoms with Gasteiger partial charge in [0, 0.05) is 59.5 Å². The second-order valence-corrected chi connectivity index (χ2v) is 12.6. The molecule has 13 heteroatoms. The summed E-state index contributed by atoms with van der Waals surface area (Å²) in [6, 6.07) is 23.0. The third-order valence-corrected chi connectivity index (χ3v) is 9.56. The molecule has 0 saturated heterocycles. The second kappa shape index (κ2) is 13.1. The molecule has 3 aromatic carbocycles. The maximum atomic E-state index is 14.3. The van der Waals surface area contributed by atoms with Gasteiger partial charge >= 0.3 is 5.69 Å². The second-order valence-electron chi connectivity index (χ2n) is 11.3. The van der Waals surface area contributed by atoms with Crippen molar-refractivity contribution in [3.05, 3.63) is 146 Å². The summed E-state index contributed by atoms with van der Waals surface area (Å²) in [4.78, 5) is 52.6. The number of aromatic nitrogens is 6. The number of carbonyl (C=O) groups is 2. The quantitative estimate of drug-likeness (QED) is 0.227. The first-order valence-electron chi connectivity index (χ1n) is 15.1. The molecule has 4 heterocycles. The molecule has 0 saturated carbocycles. The first-order chi connectivity index (χ1) is 23.3. The average Bonchev–Trinajstić information content (AvgIpc) is 3.75. The highest BCUT2D eigenvalue weighted by Crippen LogP contribution is 2.28. The van der Waals surface area contributed by atoms with Gasteiger partial charge in [-0.3, -0.25) is 18.7 Å². The van der Waals surface area contributed by atoms with Crippen molar-refractivity contribution in [2.75, 3.05) is 0 Å². The van der Waals surface area contributed by atoms with E-state index in [1.165, 1.54) is 4.57 Å². The zero-order chi connectivity index (χ0) is 33.4. The summed E-state index contributed by atoms with van der Waals surface area (Å²) in [5.41, 5.74) is 3.51.